The van der Waals surface area contributed by atoms with Gasteiger partial charge in [0.1, 0.15) is 5.82 Å². The van der Waals surface area contributed by atoms with Crippen molar-refractivity contribution in [3.05, 3.63) is 41.6 Å². The van der Waals surface area contributed by atoms with Crippen LogP contribution in [0.3, 0.4) is 0 Å². The first kappa shape index (κ1) is 15.7. The normalized spacial score (nSPS) is 20.6. The van der Waals surface area contributed by atoms with E-state index in [0.29, 0.717) is 29.0 Å². The SMILES string of the molecule is Cn1ncc2c(N)nc(N3C[C@H](O)C[C@@H]3c3ccc(F)c(F)c3)nc21. The number of hydrogen-bond donors (Lipinski definition) is 2. The summed E-state index contributed by atoms with van der Waals surface area (Å²) in [5.74, 6) is -1.24. The number of benzene rings is 1. The largest absolute Gasteiger partial charge is 0.391 e. The zero-order valence-corrected chi connectivity index (χ0v) is 13.4. The maximum atomic E-state index is 13.6. The van der Waals surface area contributed by atoms with Gasteiger partial charge in [-0.05, 0) is 24.1 Å². The van der Waals surface area contributed by atoms with E-state index >= 15 is 0 Å². The van der Waals surface area contributed by atoms with Crippen molar-refractivity contribution in [3.63, 3.8) is 0 Å². The Labute approximate surface area is 141 Å². The number of β-amino-alcohol motifs (C(OH)–C–C–N with tert-alkyl or cyclic N) is 1. The van der Waals surface area contributed by atoms with Crippen LogP contribution in [0, 0.1) is 11.6 Å². The van der Waals surface area contributed by atoms with Gasteiger partial charge >= 0.3 is 0 Å². The van der Waals surface area contributed by atoms with E-state index in [2.05, 4.69) is 15.1 Å². The number of nitrogen functional groups attached to an aromatic ring is 1. The minimum atomic E-state index is -0.929. The minimum absolute atomic E-state index is 0.270. The fourth-order valence-electron chi connectivity index (χ4n) is 3.23. The van der Waals surface area contributed by atoms with Crippen LogP contribution >= 0.6 is 0 Å². The molecule has 2 atom stereocenters. The fraction of sp³-hybridized carbons (Fsp3) is 0.312. The number of aromatic nitrogens is 4. The predicted molar refractivity (Wildman–Crippen MR) is 87.8 cm³/mol. The van der Waals surface area contributed by atoms with E-state index in [1.165, 1.54) is 6.07 Å². The molecule has 0 unspecified atom stereocenters. The maximum absolute atomic E-state index is 13.6. The van der Waals surface area contributed by atoms with Crippen LogP contribution in [0.4, 0.5) is 20.5 Å². The molecule has 0 bridgehead atoms. The Bertz CT molecular complexity index is 959. The summed E-state index contributed by atoms with van der Waals surface area (Å²) in [4.78, 5) is 10.5. The summed E-state index contributed by atoms with van der Waals surface area (Å²) in [6, 6.07) is 3.33. The second-order valence-electron chi connectivity index (χ2n) is 6.15. The summed E-state index contributed by atoms with van der Waals surface area (Å²) in [6.07, 6.45) is 1.31. The molecule has 1 fully saturated rings. The van der Waals surface area contributed by atoms with Crippen LogP contribution in [0.25, 0.3) is 11.0 Å². The first-order valence-corrected chi connectivity index (χ1v) is 7.79. The van der Waals surface area contributed by atoms with E-state index in [1.807, 2.05) is 0 Å². The summed E-state index contributed by atoms with van der Waals surface area (Å²) in [5.41, 5.74) is 7.10. The zero-order valence-electron chi connectivity index (χ0n) is 13.4. The van der Waals surface area contributed by atoms with Crippen molar-refractivity contribution >= 4 is 22.8 Å². The highest BCUT2D eigenvalue weighted by Gasteiger charge is 2.34. The molecule has 0 spiro atoms. The molecule has 4 rings (SSSR count). The van der Waals surface area contributed by atoms with Gasteiger partial charge < -0.3 is 15.7 Å². The molecule has 1 aliphatic heterocycles. The quantitative estimate of drug-likeness (QED) is 0.731. The lowest BCUT2D eigenvalue weighted by atomic mass is 10.0. The molecule has 0 amide bonds. The molecular formula is C16H16F2N6O. The number of aryl methyl sites for hydroxylation is 1. The number of aliphatic hydroxyl groups excluding tert-OH is 1. The van der Waals surface area contributed by atoms with Crippen molar-refractivity contribution in [2.24, 2.45) is 7.05 Å². The van der Waals surface area contributed by atoms with Crippen LogP contribution in [0.1, 0.15) is 18.0 Å². The molecule has 1 aliphatic rings. The third-order valence-corrected chi connectivity index (χ3v) is 4.47. The van der Waals surface area contributed by atoms with E-state index in [4.69, 9.17) is 5.73 Å². The molecule has 0 saturated carbocycles. The molecule has 25 heavy (non-hydrogen) atoms. The summed E-state index contributed by atoms with van der Waals surface area (Å²) in [5, 5.41) is 14.8. The Morgan fingerprint density at radius 3 is 2.80 bits per heavy atom. The van der Waals surface area contributed by atoms with Gasteiger partial charge in [0.25, 0.3) is 0 Å². The van der Waals surface area contributed by atoms with Gasteiger partial charge in [-0.3, -0.25) is 4.68 Å². The smallest absolute Gasteiger partial charge is 0.229 e. The van der Waals surface area contributed by atoms with E-state index < -0.39 is 17.7 Å². The van der Waals surface area contributed by atoms with Crippen LogP contribution in [0.15, 0.2) is 24.4 Å². The Hall–Kier alpha value is -2.81. The molecule has 3 heterocycles. The van der Waals surface area contributed by atoms with Crippen LogP contribution in [0.5, 0.6) is 0 Å². The molecule has 9 heteroatoms. The van der Waals surface area contributed by atoms with Gasteiger partial charge in [-0.1, -0.05) is 6.07 Å². The van der Waals surface area contributed by atoms with Crippen LogP contribution < -0.4 is 10.6 Å². The number of halogens is 2. The lowest BCUT2D eigenvalue weighted by molar-refractivity contribution is 0.194. The van der Waals surface area contributed by atoms with Gasteiger partial charge in [-0.2, -0.15) is 15.1 Å². The number of hydrogen-bond acceptors (Lipinski definition) is 6. The number of nitrogens with two attached hydrogens (primary N) is 1. The van der Waals surface area contributed by atoms with E-state index in [9.17, 15) is 13.9 Å². The van der Waals surface area contributed by atoms with Gasteiger partial charge in [0, 0.05) is 13.6 Å². The molecule has 3 N–H and O–H groups in total. The molecule has 0 aliphatic carbocycles. The number of nitrogens with zero attached hydrogens (tertiary/aromatic N) is 5. The van der Waals surface area contributed by atoms with Crippen LogP contribution in [-0.4, -0.2) is 37.5 Å². The lowest BCUT2D eigenvalue weighted by Gasteiger charge is -2.25. The molecule has 2 aromatic heterocycles. The fourth-order valence-corrected chi connectivity index (χ4v) is 3.23. The highest BCUT2D eigenvalue weighted by Crippen LogP contribution is 2.36. The first-order chi connectivity index (χ1) is 11.9. The van der Waals surface area contributed by atoms with Gasteiger partial charge in [-0.25, -0.2) is 8.78 Å². The average Bonchev–Trinajstić information content (AvgIpc) is 3.14. The number of anilines is 2. The minimum Gasteiger partial charge on any atom is -0.391 e. The molecule has 0 radical (unpaired) electrons. The molecule has 3 aromatic rings. The topological polar surface area (TPSA) is 93.1 Å². The molecular weight excluding hydrogens is 330 g/mol. The summed E-state index contributed by atoms with van der Waals surface area (Å²) < 4.78 is 28.4. The Balaban J connectivity index is 1.79. The van der Waals surface area contributed by atoms with Crippen molar-refractivity contribution in [3.8, 4) is 0 Å². The third-order valence-electron chi connectivity index (χ3n) is 4.47. The average molecular weight is 346 g/mol. The van der Waals surface area contributed by atoms with E-state index in [0.717, 1.165) is 12.1 Å². The van der Waals surface area contributed by atoms with E-state index in [1.54, 1.807) is 22.8 Å². The van der Waals surface area contributed by atoms with Crippen LogP contribution in [0.2, 0.25) is 0 Å². The monoisotopic (exact) mass is 346 g/mol. The van der Waals surface area contributed by atoms with Crippen molar-refractivity contribution in [1.82, 2.24) is 19.7 Å². The van der Waals surface area contributed by atoms with Gasteiger partial charge in [0.15, 0.2) is 17.3 Å². The summed E-state index contributed by atoms with van der Waals surface area (Å²) in [6.45, 7) is 0.270. The van der Waals surface area contributed by atoms with Crippen molar-refractivity contribution < 1.29 is 13.9 Å². The van der Waals surface area contributed by atoms with Crippen molar-refractivity contribution in [2.45, 2.75) is 18.6 Å². The van der Waals surface area contributed by atoms with Crippen molar-refractivity contribution in [1.29, 1.82) is 0 Å². The molecule has 1 aromatic carbocycles. The standard InChI is InChI=1S/C16H16F2N6O/c1-23-15-10(6-20-23)14(19)21-16(22-15)24-7-9(25)5-13(24)8-2-3-11(17)12(18)4-8/h2-4,6,9,13,25H,5,7H2,1H3,(H2,19,21,22)/t9-,13-/m1/s1. The lowest BCUT2D eigenvalue weighted by Crippen LogP contribution is -2.26. The second kappa shape index (κ2) is 5.62. The predicted octanol–water partition coefficient (Wildman–Crippen LogP) is 1.54. The maximum Gasteiger partial charge on any atom is 0.229 e. The first-order valence-electron chi connectivity index (χ1n) is 7.79. The summed E-state index contributed by atoms with van der Waals surface area (Å²) >= 11 is 0. The number of rotatable bonds is 2. The molecule has 130 valence electrons. The van der Waals surface area contributed by atoms with E-state index in [-0.39, 0.29) is 18.4 Å². The molecule has 7 nitrogen and oxygen atoms in total. The van der Waals surface area contributed by atoms with Crippen molar-refractivity contribution in [2.75, 3.05) is 17.2 Å². The highest BCUT2D eigenvalue weighted by atomic mass is 19.2. The Kier molecular flexibility index (Phi) is 3.53. The third kappa shape index (κ3) is 2.56. The zero-order chi connectivity index (χ0) is 17.7. The Morgan fingerprint density at radius 2 is 2.04 bits per heavy atom. The van der Waals surface area contributed by atoms with Crippen LogP contribution in [-0.2, 0) is 7.05 Å². The Morgan fingerprint density at radius 1 is 1.24 bits per heavy atom. The summed E-state index contributed by atoms with van der Waals surface area (Å²) in [7, 11) is 1.74. The number of aliphatic hydroxyl groups is 1. The molecule has 1 saturated heterocycles. The van der Waals surface area contributed by atoms with Gasteiger partial charge in [-0.15, -0.1) is 0 Å². The van der Waals surface area contributed by atoms with Gasteiger partial charge in [0.2, 0.25) is 5.95 Å². The van der Waals surface area contributed by atoms with Gasteiger partial charge in [0.05, 0.1) is 23.7 Å². The highest BCUT2D eigenvalue weighted by molar-refractivity contribution is 5.86. The number of fused-ring (bicyclic) bond motifs is 1. The second-order valence-corrected chi connectivity index (χ2v) is 6.15.